The van der Waals surface area contributed by atoms with E-state index in [2.05, 4.69) is 30.1 Å². The summed E-state index contributed by atoms with van der Waals surface area (Å²) >= 11 is 1.51. The Kier molecular flexibility index (Phi) is 8.00. The summed E-state index contributed by atoms with van der Waals surface area (Å²) in [4.78, 5) is 29.0. The molecule has 1 aromatic heterocycles. The van der Waals surface area contributed by atoms with Crippen molar-refractivity contribution in [2.75, 3.05) is 18.5 Å². The van der Waals surface area contributed by atoms with E-state index < -0.39 is 0 Å². The molecule has 2 amide bonds. The summed E-state index contributed by atoms with van der Waals surface area (Å²) in [5.41, 5.74) is 1.49. The van der Waals surface area contributed by atoms with Crippen molar-refractivity contribution in [3.05, 3.63) is 16.0 Å². The molecule has 0 spiro atoms. The lowest BCUT2D eigenvalue weighted by atomic mass is 9.86. The van der Waals surface area contributed by atoms with Crippen molar-refractivity contribution < 1.29 is 14.7 Å². The molecular formula is C25H37N3O3S. The molecule has 1 atom stereocenters. The minimum atomic E-state index is -0.151. The number of carbonyl (C=O) groups is 2. The summed E-state index contributed by atoms with van der Waals surface area (Å²) in [5, 5.41) is 22.9. The van der Waals surface area contributed by atoms with E-state index >= 15 is 0 Å². The normalized spacial score (nSPS) is 18.2. The molecule has 1 unspecified atom stereocenters. The number of anilines is 1. The van der Waals surface area contributed by atoms with Crippen molar-refractivity contribution >= 4 is 28.2 Å². The molecular weight excluding hydrogens is 422 g/mol. The van der Waals surface area contributed by atoms with Crippen molar-refractivity contribution in [3.63, 3.8) is 0 Å². The lowest BCUT2D eigenvalue weighted by molar-refractivity contribution is -0.137. The molecule has 1 aromatic rings. The highest BCUT2D eigenvalue weighted by molar-refractivity contribution is 7.16. The molecule has 1 saturated carbocycles. The van der Waals surface area contributed by atoms with Gasteiger partial charge in [0.15, 0.2) is 0 Å². The van der Waals surface area contributed by atoms with E-state index in [9.17, 15) is 20.0 Å². The summed E-state index contributed by atoms with van der Waals surface area (Å²) in [7, 11) is 0. The van der Waals surface area contributed by atoms with Gasteiger partial charge in [-0.25, -0.2) is 0 Å². The number of amides is 2. The highest BCUT2D eigenvalue weighted by Gasteiger charge is 2.40. The Labute approximate surface area is 196 Å². The molecule has 176 valence electrons. The van der Waals surface area contributed by atoms with Crippen LogP contribution in [0.4, 0.5) is 5.00 Å². The second-order valence-corrected chi connectivity index (χ2v) is 11.2. The van der Waals surface area contributed by atoms with Gasteiger partial charge < -0.3 is 15.3 Å². The van der Waals surface area contributed by atoms with Gasteiger partial charge in [0.2, 0.25) is 11.8 Å². The number of hydrogen-bond acceptors (Lipinski definition) is 5. The van der Waals surface area contributed by atoms with Crippen molar-refractivity contribution in [1.82, 2.24) is 4.90 Å². The van der Waals surface area contributed by atoms with Crippen molar-refractivity contribution in [3.8, 4) is 6.07 Å². The van der Waals surface area contributed by atoms with E-state index in [1.807, 2.05) is 13.8 Å². The summed E-state index contributed by atoms with van der Waals surface area (Å²) in [6, 6.07) is 2.42. The number of rotatable bonds is 10. The number of thiophene rings is 1. The number of nitriles is 1. The first kappa shape index (κ1) is 24.7. The zero-order valence-electron chi connectivity index (χ0n) is 19.9. The third-order valence-corrected chi connectivity index (χ3v) is 8.15. The molecule has 0 saturated heterocycles. The smallest absolute Gasteiger partial charge is 0.228 e. The van der Waals surface area contributed by atoms with Gasteiger partial charge in [0.25, 0.3) is 0 Å². The van der Waals surface area contributed by atoms with Crippen molar-refractivity contribution in [2.45, 2.75) is 85.1 Å². The van der Waals surface area contributed by atoms with Gasteiger partial charge in [-0.05, 0) is 55.9 Å². The molecule has 6 nitrogen and oxygen atoms in total. The molecule has 3 rings (SSSR count). The van der Waals surface area contributed by atoms with E-state index in [1.165, 1.54) is 11.3 Å². The maximum Gasteiger partial charge on any atom is 0.228 e. The summed E-state index contributed by atoms with van der Waals surface area (Å²) in [5.74, 6) is 0.324. The van der Waals surface area contributed by atoms with Gasteiger partial charge in [0.05, 0.1) is 5.56 Å². The largest absolute Gasteiger partial charge is 0.396 e. The molecule has 1 fully saturated rings. The molecule has 0 aromatic carbocycles. The lowest BCUT2D eigenvalue weighted by Crippen LogP contribution is -2.48. The first-order valence-corrected chi connectivity index (χ1v) is 12.8. The van der Waals surface area contributed by atoms with E-state index in [0.29, 0.717) is 23.5 Å². The third kappa shape index (κ3) is 5.52. The number of hydrogen-bond donors (Lipinski definition) is 2. The van der Waals surface area contributed by atoms with E-state index in [1.54, 1.807) is 0 Å². The number of aliphatic hydroxyl groups is 1. The molecule has 32 heavy (non-hydrogen) atoms. The molecule has 0 aliphatic heterocycles. The van der Waals surface area contributed by atoms with Crippen LogP contribution < -0.4 is 5.32 Å². The second kappa shape index (κ2) is 10.4. The van der Waals surface area contributed by atoms with Gasteiger partial charge in [-0.1, -0.05) is 27.7 Å². The predicted octanol–water partition coefficient (Wildman–Crippen LogP) is 4.50. The number of aliphatic hydroxyl groups excluding tert-OH is 1. The monoisotopic (exact) mass is 459 g/mol. The quantitative estimate of drug-likeness (QED) is 0.539. The molecule has 2 N–H and O–H groups in total. The number of nitrogens with zero attached hydrogens (tertiary/aromatic N) is 2. The number of fused-ring (bicyclic) bond motifs is 1. The van der Waals surface area contributed by atoms with E-state index in [4.69, 9.17) is 0 Å². The average molecular weight is 460 g/mol. The molecule has 1 heterocycles. The SMILES string of the molecule is CCC(CC)C(=O)Nc1sc2c(c1C#N)CCC(N(CC(C)(C)CCO)C(=O)C1CC1)C2. The topological polar surface area (TPSA) is 93.4 Å². The Balaban J connectivity index is 1.82. The van der Waals surface area contributed by atoms with Crippen LogP contribution in [0, 0.1) is 28.6 Å². The van der Waals surface area contributed by atoms with E-state index in [-0.39, 0.29) is 41.7 Å². The van der Waals surface area contributed by atoms with Crippen LogP contribution in [0.3, 0.4) is 0 Å². The third-order valence-electron chi connectivity index (χ3n) is 6.98. The standard InChI is InChI=1S/C25H37N3O3S/c1-5-16(6-2)22(30)27-23-20(14-26)19-10-9-18(13-21(19)32-23)28(24(31)17-7-8-17)15-25(3,4)11-12-29/h16-18,29H,5-13,15H2,1-4H3,(H,27,30). The fourth-order valence-electron chi connectivity index (χ4n) is 4.71. The van der Waals surface area contributed by atoms with Crippen LogP contribution in [0.25, 0.3) is 0 Å². The predicted molar refractivity (Wildman–Crippen MR) is 127 cm³/mol. The Morgan fingerprint density at radius 1 is 1.28 bits per heavy atom. The van der Waals surface area contributed by atoms with Crippen LogP contribution in [-0.2, 0) is 22.4 Å². The number of carbonyl (C=O) groups excluding carboxylic acids is 2. The first-order chi connectivity index (χ1) is 15.2. The summed E-state index contributed by atoms with van der Waals surface area (Å²) in [6.07, 6.45) is 6.45. The minimum absolute atomic E-state index is 0.0158. The minimum Gasteiger partial charge on any atom is -0.396 e. The lowest BCUT2D eigenvalue weighted by Gasteiger charge is -2.39. The Hall–Kier alpha value is -1.91. The van der Waals surface area contributed by atoms with Gasteiger partial charge in [-0.15, -0.1) is 11.3 Å². The van der Waals surface area contributed by atoms with Crippen LogP contribution in [0.15, 0.2) is 0 Å². The molecule has 2 aliphatic rings. The van der Waals surface area contributed by atoms with Crippen LogP contribution in [-0.4, -0.2) is 41.0 Å². The zero-order chi connectivity index (χ0) is 23.5. The van der Waals surface area contributed by atoms with Crippen molar-refractivity contribution in [1.29, 1.82) is 5.26 Å². The van der Waals surface area contributed by atoms with Gasteiger partial charge in [-0.3, -0.25) is 9.59 Å². The highest BCUT2D eigenvalue weighted by Crippen LogP contribution is 2.41. The second-order valence-electron chi connectivity index (χ2n) is 10.1. The van der Waals surface area contributed by atoms with Gasteiger partial charge in [-0.2, -0.15) is 5.26 Å². The molecule has 0 bridgehead atoms. The van der Waals surface area contributed by atoms with Gasteiger partial charge >= 0.3 is 0 Å². The fourth-order valence-corrected chi connectivity index (χ4v) is 5.98. The van der Waals surface area contributed by atoms with Crippen molar-refractivity contribution in [2.24, 2.45) is 17.3 Å². The Bertz CT molecular complexity index is 878. The van der Waals surface area contributed by atoms with Gasteiger partial charge in [0.1, 0.15) is 11.1 Å². The number of nitrogens with one attached hydrogen (secondary N) is 1. The molecule has 0 radical (unpaired) electrons. The molecule has 2 aliphatic carbocycles. The van der Waals surface area contributed by atoms with E-state index in [0.717, 1.165) is 55.4 Å². The van der Waals surface area contributed by atoms with Crippen LogP contribution >= 0.6 is 11.3 Å². The first-order valence-electron chi connectivity index (χ1n) is 12.0. The fraction of sp³-hybridized carbons (Fsp3) is 0.720. The average Bonchev–Trinajstić information content (AvgIpc) is 3.54. The van der Waals surface area contributed by atoms with Crippen LogP contribution in [0.5, 0.6) is 0 Å². The highest BCUT2D eigenvalue weighted by atomic mass is 32.1. The van der Waals surface area contributed by atoms with Crippen LogP contribution in [0.2, 0.25) is 0 Å². The Morgan fingerprint density at radius 3 is 2.53 bits per heavy atom. The van der Waals surface area contributed by atoms with Crippen LogP contribution in [0.1, 0.15) is 82.2 Å². The molecule has 7 heteroatoms. The zero-order valence-corrected chi connectivity index (χ0v) is 20.7. The van der Waals surface area contributed by atoms with Gasteiger partial charge in [0, 0.05) is 42.3 Å². The maximum atomic E-state index is 13.2. The summed E-state index contributed by atoms with van der Waals surface area (Å²) in [6.45, 7) is 8.98. The summed E-state index contributed by atoms with van der Waals surface area (Å²) < 4.78 is 0. The maximum absolute atomic E-state index is 13.2. The Morgan fingerprint density at radius 2 is 1.97 bits per heavy atom.